The van der Waals surface area contributed by atoms with Crippen molar-refractivity contribution >= 4 is 28.8 Å². The Morgan fingerprint density at radius 2 is 0.964 bits per heavy atom. The lowest BCUT2D eigenvalue weighted by atomic mass is 10.0. The molecule has 0 saturated carbocycles. The zero-order valence-electron chi connectivity index (χ0n) is 16.4. The Morgan fingerprint density at radius 3 is 1.39 bits per heavy atom. The number of aryl methyl sites for hydroxylation is 2. The van der Waals surface area contributed by atoms with Crippen LogP contribution >= 0.6 is 0 Å². The number of hydrogen-bond acceptors (Lipinski definition) is 0. The van der Waals surface area contributed by atoms with Crippen LogP contribution in [0.4, 0.5) is 0 Å². The summed E-state index contributed by atoms with van der Waals surface area (Å²) in [4.78, 5) is 0. The van der Waals surface area contributed by atoms with E-state index in [1.54, 1.807) is 10.4 Å². The molecule has 1 heteroatoms. The molecule has 0 unspecified atom stereocenters. The zero-order valence-corrected chi connectivity index (χ0v) is 17.4. The number of fused-ring (bicyclic) bond motifs is 2. The van der Waals surface area contributed by atoms with Crippen LogP contribution in [0.3, 0.4) is 0 Å². The van der Waals surface area contributed by atoms with Crippen molar-refractivity contribution in [2.24, 2.45) is 0 Å². The fraction of sp³-hybridized carbons (Fsp3) is 0.111. The minimum Gasteiger partial charge on any atom is -0.0623 e. The lowest BCUT2D eigenvalue weighted by molar-refractivity contribution is 1.19. The average molecular weight is 377 g/mol. The first-order valence-electron chi connectivity index (χ1n) is 10.0. The van der Waals surface area contributed by atoms with E-state index in [0.29, 0.717) is 0 Å². The molecule has 5 rings (SSSR count). The minimum atomic E-state index is -2.34. The van der Waals surface area contributed by atoms with Gasteiger partial charge in [-0.15, -0.1) is 0 Å². The number of benzene rings is 4. The van der Waals surface area contributed by atoms with Gasteiger partial charge in [0.2, 0.25) is 0 Å². The van der Waals surface area contributed by atoms with Crippen LogP contribution in [0.15, 0.2) is 97.1 Å². The summed E-state index contributed by atoms with van der Waals surface area (Å²) in [7, 11) is -2.34. The van der Waals surface area contributed by atoms with Gasteiger partial charge >= 0.3 is 0 Å². The minimum absolute atomic E-state index is 1.03. The highest BCUT2D eigenvalue weighted by atomic mass is 28.3. The third-order valence-corrected chi connectivity index (χ3v) is 11.1. The fourth-order valence-corrected chi connectivity index (χ4v) is 10.3. The summed E-state index contributed by atoms with van der Waals surface area (Å²) in [6.07, 6.45) is 1.03. The highest BCUT2D eigenvalue weighted by molar-refractivity contribution is 7.20. The molecule has 1 heterocycles. The van der Waals surface area contributed by atoms with Crippen LogP contribution < -0.4 is 20.7 Å². The number of hydrogen-bond donors (Lipinski definition) is 0. The van der Waals surface area contributed by atoms with Gasteiger partial charge in [0.25, 0.3) is 0 Å². The van der Waals surface area contributed by atoms with Crippen LogP contribution in [0.25, 0.3) is 0 Å². The van der Waals surface area contributed by atoms with Crippen molar-refractivity contribution in [3.05, 3.63) is 119 Å². The third-order valence-electron chi connectivity index (χ3n) is 6.13. The van der Waals surface area contributed by atoms with Crippen LogP contribution in [-0.4, -0.2) is 8.07 Å². The first-order chi connectivity index (χ1) is 13.7. The van der Waals surface area contributed by atoms with Gasteiger partial charge < -0.3 is 0 Å². The van der Waals surface area contributed by atoms with Crippen molar-refractivity contribution in [1.29, 1.82) is 0 Å². The van der Waals surface area contributed by atoms with Crippen molar-refractivity contribution < 1.29 is 0 Å². The quantitative estimate of drug-likeness (QED) is 0.413. The molecule has 136 valence electrons. The molecule has 0 spiro atoms. The van der Waals surface area contributed by atoms with Gasteiger partial charge in [0, 0.05) is 0 Å². The Morgan fingerprint density at radius 1 is 0.536 bits per heavy atom. The summed E-state index contributed by atoms with van der Waals surface area (Å²) in [5.41, 5.74) is 5.67. The standard InChI is InChI=1S/C27H24Si/c1-20-13-15-22-19-23-16-14-21(2)18-27(23)28(26(22)17-20,24-9-5-3-6-10-24)25-11-7-4-8-12-25/h3-18H,19H2,1-2H3. The van der Waals surface area contributed by atoms with E-state index in [9.17, 15) is 0 Å². The monoisotopic (exact) mass is 376 g/mol. The second kappa shape index (κ2) is 6.61. The lowest BCUT2D eigenvalue weighted by Gasteiger charge is -2.40. The normalized spacial score (nSPS) is 14.2. The van der Waals surface area contributed by atoms with Crippen LogP contribution in [0, 0.1) is 13.8 Å². The Kier molecular flexibility index (Phi) is 4.06. The highest BCUT2D eigenvalue weighted by Crippen LogP contribution is 2.22. The third kappa shape index (κ3) is 2.51. The van der Waals surface area contributed by atoms with E-state index in [4.69, 9.17) is 0 Å². The summed E-state index contributed by atoms with van der Waals surface area (Å²) in [6.45, 7) is 4.45. The Hall–Kier alpha value is -2.90. The summed E-state index contributed by atoms with van der Waals surface area (Å²) < 4.78 is 0. The van der Waals surface area contributed by atoms with Crippen LogP contribution in [0.2, 0.25) is 0 Å². The van der Waals surface area contributed by atoms with Crippen molar-refractivity contribution in [1.82, 2.24) is 0 Å². The number of rotatable bonds is 2. The molecular weight excluding hydrogens is 352 g/mol. The molecule has 4 aromatic rings. The highest BCUT2D eigenvalue weighted by Gasteiger charge is 2.46. The molecule has 1 aliphatic rings. The maximum absolute atomic E-state index is 2.47. The molecule has 28 heavy (non-hydrogen) atoms. The van der Waals surface area contributed by atoms with Gasteiger partial charge in [-0.2, -0.15) is 0 Å². The van der Waals surface area contributed by atoms with E-state index in [-0.39, 0.29) is 0 Å². The summed E-state index contributed by atoms with van der Waals surface area (Å²) in [5, 5.41) is 6.06. The van der Waals surface area contributed by atoms with Crippen LogP contribution in [-0.2, 0) is 6.42 Å². The van der Waals surface area contributed by atoms with Gasteiger partial charge in [-0.3, -0.25) is 0 Å². The molecule has 0 aromatic heterocycles. The van der Waals surface area contributed by atoms with Crippen LogP contribution in [0.1, 0.15) is 22.3 Å². The van der Waals surface area contributed by atoms with Gasteiger partial charge in [0.1, 0.15) is 0 Å². The molecule has 0 nitrogen and oxygen atoms in total. The van der Waals surface area contributed by atoms with Crippen LogP contribution in [0.5, 0.6) is 0 Å². The van der Waals surface area contributed by atoms with E-state index in [2.05, 4.69) is 111 Å². The molecule has 0 amide bonds. The Bertz CT molecular complexity index is 1050. The molecule has 0 saturated heterocycles. The Balaban J connectivity index is 1.99. The van der Waals surface area contributed by atoms with E-state index >= 15 is 0 Å². The second-order valence-electron chi connectivity index (χ2n) is 7.98. The van der Waals surface area contributed by atoms with Gasteiger partial charge in [-0.1, -0.05) is 108 Å². The lowest BCUT2D eigenvalue weighted by Crippen LogP contribution is -2.77. The maximum Gasteiger partial charge on any atom is 0.180 e. The van der Waals surface area contributed by atoms with Gasteiger partial charge in [-0.05, 0) is 52.1 Å². The molecular formula is C27H24Si. The predicted octanol–water partition coefficient (Wildman–Crippen LogP) is 3.59. The SMILES string of the molecule is Cc1ccc2c(c1)[Si](c1ccccc1)(c1ccccc1)c1cc(C)ccc1C2. The molecule has 0 radical (unpaired) electrons. The molecule has 4 aromatic carbocycles. The average Bonchev–Trinajstić information content (AvgIpc) is 2.74. The van der Waals surface area contributed by atoms with Gasteiger partial charge in [0.15, 0.2) is 8.07 Å². The molecule has 0 bridgehead atoms. The summed E-state index contributed by atoms with van der Waals surface area (Å²) in [6, 6.07) is 36.7. The molecule has 0 fully saturated rings. The van der Waals surface area contributed by atoms with Crippen molar-refractivity contribution in [2.45, 2.75) is 20.3 Å². The topological polar surface area (TPSA) is 0 Å². The summed E-state index contributed by atoms with van der Waals surface area (Å²) in [5.74, 6) is 0. The van der Waals surface area contributed by atoms with Crippen molar-refractivity contribution in [3.8, 4) is 0 Å². The second-order valence-corrected chi connectivity index (χ2v) is 11.7. The predicted molar refractivity (Wildman–Crippen MR) is 122 cm³/mol. The molecule has 0 atom stereocenters. The Labute approximate surface area is 168 Å². The first kappa shape index (κ1) is 17.2. The van der Waals surface area contributed by atoms with E-state index in [1.807, 2.05) is 0 Å². The molecule has 1 aliphatic heterocycles. The van der Waals surface area contributed by atoms with Gasteiger partial charge in [0.05, 0.1) is 0 Å². The largest absolute Gasteiger partial charge is 0.180 e. The van der Waals surface area contributed by atoms with Gasteiger partial charge in [-0.25, -0.2) is 0 Å². The first-order valence-corrected chi connectivity index (χ1v) is 12.0. The molecule has 0 N–H and O–H groups in total. The summed E-state index contributed by atoms with van der Waals surface area (Å²) >= 11 is 0. The fourth-order valence-electron chi connectivity index (χ4n) is 4.90. The zero-order chi connectivity index (χ0) is 19.1. The van der Waals surface area contributed by atoms with E-state index in [1.165, 1.54) is 32.6 Å². The van der Waals surface area contributed by atoms with Crippen molar-refractivity contribution in [3.63, 3.8) is 0 Å². The van der Waals surface area contributed by atoms with E-state index < -0.39 is 8.07 Å². The molecule has 0 aliphatic carbocycles. The van der Waals surface area contributed by atoms with Crippen molar-refractivity contribution in [2.75, 3.05) is 0 Å². The van der Waals surface area contributed by atoms with E-state index in [0.717, 1.165) is 6.42 Å². The maximum atomic E-state index is 2.47. The smallest absolute Gasteiger partial charge is 0.0623 e.